The first-order chi connectivity index (χ1) is 12.8. The molecule has 0 bridgehead atoms. The monoisotopic (exact) mass is 368 g/mol. The van der Waals surface area contributed by atoms with Crippen molar-refractivity contribution in [1.29, 1.82) is 0 Å². The third-order valence-electron chi connectivity index (χ3n) is 4.94. The van der Waals surface area contributed by atoms with Crippen molar-refractivity contribution in [1.82, 2.24) is 10.3 Å². The number of piperidine rings is 1. The summed E-state index contributed by atoms with van der Waals surface area (Å²) in [7, 11) is 2.42. The number of aliphatic imine (C=N–C) groups is 1. The fourth-order valence-corrected chi connectivity index (χ4v) is 4.49. The van der Waals surface area contributed by atoms with E-state index in [1.807, 2.05) is 18.3 Å². The van der Waals surface area contributed by atoms with Crippen molar-refractivity contribution >= 4 is 31.6 Å². The van der Waals surface area contributed by atoms with Crippen LogP contribution in [0.5, 0.6) is 5.75 Å². The molecule has 2 aliphatic heterocycles. The van der Waals surface area contributed by atoms with Gasteiger partial charge in [-0.3, -0.25) is 4.99 Å². The van der Waals surface area contributed by atoms with E-state index in [1.165, 1.54) is 18.1 Å². The molecule has 0 radical (unpaired) electrons. The summed E-state index contributed by atoms with van der Waals surface area (Å²) in [5.41, 5.74) is 3.10. The summed E-state index contributed by atoms with van der Waals surface area (Å²) < 4.78 is 5.26. The summed E-state index contributed by atoms with van der Waals surface area (Å²) >= 11 is 0. The van der Waals surface area contributed by atoms with Crippen molar-refractivity contribution in [3.05, 3.63) is 30.3 Å². The molecule has 3 heterocycles. The number of fused-ring (bicyclic) bond motifs is 1. The van der Waals surface area contributed by atoms with Gasteiger partial charge in [-0.25, -0.2) is 4.98 Å². The minimum atomic E-state index is 0.668. The fourth-order valence-electron chi connectivity index (χ4n) is 3.48. The fraction of sp³-hybridized carbons (Fsp3) is 0.400. The van der Waals surface area contributed by atoms with Crippen molar-refractivity contribution in [3.8, 4) is 17.0 Å². The minimum absolute atomic E-state index is 0.668. The van der Waals surface area contributed by atoms with Crippen LogP contribution in [0, 0.1) is 5.92 Å². The molecule has 4 rings (SSSR count). The van der Waals surface area contributed by atoms with Gasteiger partial charge in [-0.15, -0.1) is 0 Å². The van der Waals surface area contributed by atoms with Crippen molar-refractivity contribution in [2.75, 3.05) is 38.2 Å². The van der Waals surface area contributed by atoms with E-state index in [1.54, 1.807) is 7.11 Å². The van der Waals surface area contributed by atoms with Gasteiger partial charge in [0.25, 0.3) is 0 Å². The number of nitrogens with zero attached hydrogens (tertiary/aromatic N) is 2. The number of benzene rings is 1. The standard InChI is InChI=1S/C20H25N4OP/c1-25-16-6-4-15(5-7-16)17-11-18-19(26-10-9-22-18)20(24-17)23-13-14-3-2-8-21-12-14/h4-7,9,11,14,21,26H,2-3,8,10,12-13H2,1H3,(H,23,24). The maximum absolute atomic E-state index is 5.26. The van der Waals surface area contributed by atoms with Gasteiger partial charge in [-0.05, 0) is 62.2 Å². The molecular weight excluding hydrogens is 343 g/mol. The topological polar surface area (TPSA) is 58.5 Å². The summed E-state index contributed by atoms with van der Waals surface area (Å²) in [6.45, 7) is 3.20. The predicted octanol–water partition coefficient (Wildman–Crippen LogP) is 3.19. The second kappa shape index (κ2) is 8.15. The Morgan fingerprint density at radius 3 is 2.96 bits per heavy atom. The average molecular weight is 368 g/mol. The number of aromatic nitrogens is 1. The Kier molecular flexibility index (Phi) is 5.47. The summed E-state index contributed by atoms with van der Waals surface area (Å²) in [5.74, 6) is 2.53. The summed E-state index contributed by atoms with van der Waals surface area (Å²) in [6, 6.07) is 10.2. The van der Waals surface area contributed by atoms with Crippen molar-refractivity contribution in [2.24, 2.45) is 10.9 Å². The number of methoxy groups -OCH3 is 1. The molecule has 1 saturated heterocycles. The molecule has 136 valence electrons. The van der Waals surface area contributed by atoms with Gasteiger partial charge in [0.05, 0.1) is 18.5 Å². The molecule has 2 aromatic rings. The lowest BCUT2D eigenvalue weighted by atomic mass is 10.00. The van der Waals surface area contributed by atoms with Crippen molar-refractivity contribution < 1.29 is 4.74 Å². The van der Waals surface area contributed by atoms with E-state index in [0.29, 0.717) is 5.92 Å². The highest BCUT2D eigenvalue weighted by Crippen LogP contribution is 2.32. The Labute approximate surface area is 156 Å². The first-order valence-electron chi connectivity index (χ1n) is 9.24. The van der Waals surface area contributed by atoms with Crippen LogP contribution in [-0.4, -0.2) is 44.1 Å². The molecule has 1 fully saturated rings. The van der Waals surface area contributed by atoms with Crippen molar-refractivity contribution in [2.45, 2.75) is 12.8 Å². The molecule has 0 saturated carbocycles. The third-order valence-corrected chi connectivity index (χ3v) is 6.18. The molecular formula is C20H25N4OP. The SMILES string of the molecule is COc1ccc(-c2cc3c(c(NCC4CCCNC4)n2)PCC=N3)cc1. The van der Waals surface area contributed by atoms with Crippen LogP contribution in [0.3, 0.4) is 0 Å². The van der Waals surface area contributed by atoms with Crippen LogP contribution in [0.25, 0.3) is 11.3 Å². The zero-order chi connectivity index (χ0) is 17.8. The van der Waals surface area contributed by atoms with Gasteiger partial charge in [0.1, 0.15) is 11.6 Å². The van der Waals surface area contributed by atoms with Gasteiger partial charge in [0.2, 0.25) is 0 Å². The van der Waals surface area contributed by atoms with Crippen LogP contribution in [0.2, 0.25) is 0 Å². The van der Waals surface area contributed by atoms with E-state index in [4.69, 9.17) is 9.72 Å². The summed E-state index contributed by atoms with van der Waals surface area (Å²) in [4.78, 5) is 9.59. The Morgan fingerprint density at radius 2 is 2.19 bits per heavy atom. The molecule has 0 amide bonds. The molecule has 2 N–H and O–H groups in total. The maximum atomic E-state index is 5.26. The number of pyridine rings is 1. The largest absolute Gasteiger partial charge is 0.497 e. The van der Waals surface area contributed by atoms with Gasteiger partial charge in [-0.2, -0.15) is 0 Å². The Hall–Kier alpha value is -1.97. The first kappa shape index (κ1) is 17.4. The highest BCUT2D eigenvalue weighted by atomic mass is 31.1. The van der Waals surface area contributed by atoms with Gasteiger partial charge >= 0.3 is 0 Å². The number of nitrogens with one attached hydrogen (secondary N) is 2. The smallest absolute Gasteiger partial charge is 0.136 e. The quantitative estimate of drug-likeness (QED) is 0.796. The van der Waals surface area contributed by atoms with Crippen LogP contribution in [-0.2, 0) is 0 Å². The predicted molar refractivity (Wildman–Crippen MR) is 111 cm³/mol. The number of anilines is 1. The van der Waals surface area contributed by atoms with Crippen LogP contribution >= 0.6 is 8.58 Å². The molecule has 2 atom stereocenters. The lowest BCUT2D eigenvalue weighted by Gasteiger charge is -2.24. The molecule has 2 unspecified atom stereocenters. The molecule has 0 aliphatic carbocycles. The second-order valence-corrected chi connectivity index (χ2v) is 8.03. The molecule has 26 heavy (non-hydrogen) atoms. The van der Waals surface area contributed by atoms with E-state index >= 15 is 0 Å². The molecule has 2 aliphatic rings. The minimum Gasteiger partial charge on any atom is -0.497 e. The van der Waals surface area contributed by atoms with Gasteiger partial charge < -0.3 is 15.4 Å². The number of hydrogen-bond donors (Lipinski definition) is 2. The highest BCUT2D eigenvalue weighted by Gasteiger charge is 2.18. The highest BCUT2D eigenvalue weighted by molar-refractivity contribution is 7.49. The van der Waals surface area contributed by atoms with E-state index in [-0.39, 0.29) is 0 Å². The molecule has 1 aromatic carbocycles. The zero-order valence-electron chi connectivity index (χ0n) is 15.1. The zero-order valence-corrected chi connectivity index (χ0v) is 16.1. The first-order valence-corrected chi connectivity index (χ1v) is 10.4. The number of ether oxygens (including phenoxy) is 1. The number of rotatable bonds is 5. The summed E-state index contributed by atoms with van der Waals surface area (Å²) in [6.07, 6.45) is 5.57. The van der Waals surface area contributed by atoms with E-state index in [2.05, 4.69) is 33.8 Å². The Balaban J connectivity index is 1.61. The van der Waals surface area contributed by atoms with Gasteiger partial charge in [0.15, 0.2) is 0 Å². The average Bonchev–Trinajstić information content (AvgIpc) is 2.72. The summed E-state index contributed by atoms with van der Waals surface area (Å²) in [5, 5.41) is 8.39. The Morgan fingerprint density at radius 1 is 1.31 bits per heavy atom. The maximum Gasteiger partial charge on any atom is 0.136 e. The van der Waals surface area contributed by atoms with Gasteiger partial charge in [0, 0.05) is 29.8 Å². The lowest BCUT2D eigenvalue weighted by Crippen LogP contribution is -2.34. The van der Waals surface area contributed by atoms with E-state index < -0.39 is 0 Å². The van der Waals surface area contributed by atoms with Crippen molar-refractivity contribution in [3.63, 3.8) is 0 Å². The Bertz CT molecular complexity index is 785. The molecule has 5 nitrogen and oxygen atoms in total. The van der Waals surface area contributed by atoms with Gasteiger partial charge in [-0.1, -0.05) is 8.58 Å². The normalized spacial score (nSPS) is 20.0. The van der Waals surface area contributed by atoms with Crippen LogP contribution in [0.1, 0.15) is 12.8 Å². The third kappa shape index (κ3) is 3.89. The van der Waals surface area contributed by atoms with E-state index in [0.717, 1.165) is 62.9 Å². The number of hydrogen-bond acceptors (Lipinski definition) is 5. The van der Waals surface area contributed by atoms with Crippen LogP contribution in [0.4, 0.5) is 11.5 Å². The molecule has 0 spiro atoms. The lowest BCUT2D eigenvalue weighted by molar-refractivity contribution is 0.392. The van der Waals surface area contributed by atoms with E-state index in [9.17, 15) is 0 Å². The molecule has 6 heteroatoms. The van der Waals surface area contributed by atoms with Crippen LogP contribution in [0.15, 0.2) is 35.3 Å². The second-order valence-electron chi connectivity index (χ2n) is 6.76. The van der Waals surface area contributed by atoms with Crippen LogP contribution < -0.4 is 20.7 Å². The molecule has 1 aromatic heterocycles.